The van der Waals surface area contributed by atoms with Crippen molar-refractivity contribution in [1.29, 1.82) is 0 Å². The molecule has 0 aliphatic carbocycles. The molecule has 0 spiro atoms. The molecule has 1 N–H and O–H groups in total. The van der Waals surface area contributed by atoms with Crippen LogP contribution in [0.1, 0.15) is 44.1 Å². The van der Waals surface area contributed by atoms with E-state index in [0.29, 0.717) is 79.0 Å². The smallest absolute Gasteiger partial charge is 0.330 e. The molecule has 0 atom stereocenters. The van der Waals surface area contributed by atoms with Gasteiger partial charge in [0, 0.05) is 18.6 Å². The number of azo groups is 3. The second kappa shape index (κ2) is 21.0. The Morgan fingerprint density at radius 3 is 1.75 bits per heavy atom. The standard InChI is InChI=1S/C40H42N6O6/c1-4-34(47)11-7-6-8-24-50-35-19-16-32(17-20-35)41-44-33-18-22-37(29(3)27-33)45-42-30-12-14-31(15-13-30)43-46-38-23-21-36(28-39(38)48)51-25-9-10-26-52-40(49)5-2/h4-5,12-23,27-28,48H,1-2,6-11,24-26H2,3H3. The minimum Gasteiger partial charge on any atom is -0.505 e. The van der Waals surface area contributed by atoms with Crippen LogP contribution in [0.4, 0.5) is 34.1 Å². The molecule has 0 fully saturated rings. The Hall–Kier alpha value is -6.30. The van der Waals surface area contributed by atoms with Gasteiger partial charge in [0.25, 0.3) is 0 Å². The molecule has 0 radical (unpaired) electrons. The van der Waals surface area contributed by atoms with E-state index in [1.165, 1.54) is 12.1 Å². The Morgan fingerprint density at radius 1 is 0.596 bits per heavy atom. The molecule has 268 valence electrons. The number of phenols is 1. The van der Waals surface area contributed by atoms with Crippen LogP contribution in [-0.4, -0.2) is 36.7 Å². The highest BCUT2D eigenvalue weighted by molar-refractivity contribution is 5.88. The van der Waals surface area contributed by atoms with Crippen LogP contribution >= 0.6 is 0 Å². The monoisotopic (exact) mass is 702 g/mol. The van der Waals surface area contributed by atoms with Gasteiger partial charge in [0.15, 0.2) is 5.78 Å². The molecule has 0 bridgehead atoms. The lowest BCUT2D eigenvalue weighted by atomic mass is 10.1. The van der Waals surface area contributed by atoms with Gasteiger partial charge in [-0.2, -0.15) is 25.6 Å². The lowest BCUT2D eigenvalue weighted by molar-refractivity contribution is -0.137. The van der Waals surface area contributed by atoms with Gasteiger partial charge in [-0.25, -0.2) is 4.79 Å². The molecule has 4 rings (SSSR count). The van der Waals surface area contributed by atoms with Crippen molar-refractivity contribution in [2.24, 2.45) is 30.7 Å². The number of allylic oxidation sites excluding steroid dienone is 1. The molecule has 52 heavy (non-hydrogen) atoms. The van der Waals surface area contributed by atoms with Crippen LogP contribution in [0.2, 0.25) is 0 Å². The summed E-state index contributed by atoms with van der Waals surface area (Å²) in [6.07, 6.45) is 7.01. The van der Waals surface area contributed by atoms with Crippen LogP contribution in [0.25, 0.3) is 0 Å². The van der Waals surface area contributed by atoms with E-state index >= 15 is 0 Å². The Bertz CT molecular complexity index is 1890. The molecule has 12 nitrogen and oxygen atoms in total. The van der Waals surface area contributed by atoms with Crippen LogP contribution < -0.4 is 9.47 Å². The highest BCUT2D eigenvalue weighted by Crippen LogP contribution is 2.33. The summed E-state index contributed by atoms with van der Waals surface area (Å²) < 4.78 is 16.3. The number of carbonyl (C=O) groups is 2. The highest BCUT2D eigenvalue weighted by atomic mass is 16.5. The maximum Gasteiger partial charge on any atom is 0.330 e. The van der Waals surface area contributed by atoms with Crippen molar-refractivity contribution in [2.75, 3.05) is 19.8 Å². The Morgan fingerprint density at radius 2 is 1.12 bits per heavy atom. The number of unbranched alkanes of at least 4 members (excludes halogenated alkanes) is 3. The van der Waals surface area contributed by atoms with Gasteiger partial charge in [-0.3, -0.25) is 4.79 Å². The van der Waals surface area contributed by atoms with Crippen LogP contribution in [0, 0.1) is 6.92 Å². The number of phenolic OH excluding ortho intramolecular Hbond substituents is 1. The van der Waals surface area contributed by atoms with Gasteiger partial charge in [0.2, 0.25) is 0 Å². The molecule has 4 aromatic rings. The number of rotatable bonds is 21. The van der Waals surface area contributed by atoms with E-state index in [0.717, 1.165) is 36.7 Å². The molecule has 0 saturated carbocycles. The molecule has 0 aliphatic rings. The minimum absolute atomic E-state index is 0.0621. The third kappa shape index (κ3) is 13.5. The molecule has 0 heterocycles. The molecule has 0 amide bonds. The van der Waals surface area contributed by atoms with Crippen molar-refractivity contribution in [2.45, 2.75) is 45.4 Å². The molecule has 12 heteroatoms. The number of hydrogen-bond acceptors (Lipinski definition) is 12. The first-order valence-electron chi connectivity index (χ1n) is 16.9. The van der Waals surface area contributed by atoms with Gasteiger partial charge in [0.05, 0.1) is 48.3 Å². The lowest BCUT2D eigenvalue weighted by Crippen LogP contribution is -2.04. The quantitative estimate of drug-likeness (QED) is 0.0394. The van der Waals surface area contributed by atoms with E-state index in [9.17, 15) is 14.7 Å². The molecule has 0 aromatic heterocycles. The Labute approximate surface area is 303 Å². The first kappa shape index (κ1) is 38.5. The average Bonchev–Trinajstić information content (AvgIpc) is 3.16. The normalized spacial score (nSPS) is 11.2. The fourth-order valence-electron chi connectivity index (χ4n) is 4.52. The molecule has 0 aliphatic heterocycles. The number of esters is 1. The highest BCUT2D eigenvalue weighted by Gasteiger charge is 2.05. The summed E-state index contributed by atoms with van der Waals surface area (Å²) in [6.45, 7) is 10.1. The maximum atomic E-state index is 11.3. The van der Waals surface area contributed by atoms with Gasteiger partial charge >= 0.3 is 5.97 Å². The number of aromatic hydroxyl groups is 1. The van der Waals surface area contributed by atoms with Gasteiger partial charge in [-0.1, -0.05) is 13.2 Å². The molecule has 0 unspecified atom stereocenters. The summed E-state index contributed by atoms with van der Waals surface area (Å²) in [5, 5.41) is 36.1. The van der Waals surface area contributed by atoms with Gasteiger partial charge in [-0.05, 0) is 130 Å². The van der Waals surface area contributed by atoms with Crippen molar-refractivity contribution in [1.82, 2.24) is 0 Å². The Balaban J connectivity index is 1.21. The van der Waals surface area contributed by atoms with Gasteiger partial charge in [0.1, 0.15) is 22.9 Å². The summed E-state index contributed by atoms with van der Waals surface area (Å²) in [5.41, 5.74) is 4.50. The van der Waals surface area contributed by atoms with Crippen molar-refractivity contribution >= 4 is 45.9 Å². The lowest BCUT2D eigenvalue weighted by Gasteiger charge is -2.07. The van der Waals surface area contributed by atoms with Crippen molar-refractivity contribution < 1.29 is 28.9 Å². The molecular formula is C40H42N6O6. The zero-order valence-corrected chi connectivity index (χ0v) is 29.2. The summed E-state index contributed by atoms with van der Waals surface area (Å²) >= 11 is 0. The number of ether oxygens (including phenoxy) is 3. The maximum absolute atomic E-state index is 11.3. The van der Waals surface area contributed by atoms with Crippen LogP contribution in [0.15, 0.2) is 141 Å². The van der Waals surface area contributed by atoms with E-state index in [2.05, 4.69) is 43.8 Å². The number of ketones is 1. The van der Waals surface area contributed by atoms with E-state index in [1.807, 2.05) is 49.4 Å². The zero-order valence-electron chi connectivity index (χ0n) is 29.2. The second-order valence-corrected chi connectivity index (χ2v) is 11.5. The van der Waals surface area contributed by atoms with Gasteiger partial charge in [-0.15, -0.1) is 5.11 Å². The number of carbonyl (C=O) groups excluding carboxylic acids is 2. The predicted octanol–water partition coefficient (Wildman–Crippen LogP) is 11.5. The first-order valence-corrected chi connectivity index (χ1v) is 16.9. The zero-order chi connectivity index (χ0) is 37.0. The average molecular weight is 703 g/mol. The largest absolute Gasteiger partial charge is 0.505 e. The van der Waals surface area contributed by atoms with Crippen LogP contribution in [-0.2, 0) is 14.3 Å². The third-order valence-corrected chi connectivity index (χ3v) is 7.42. The third-order valence-electron chi connectivity index (χ3n) is 7.42. The first-order chi connectivity index (χ1) is 25.3. The molecule has 0 saturated heterocycles. The van der Waals surface area contributed by atoms with E-state index < -0.39 is 5.97 Å². The number of aryl methyl sites for hydroxylation is 1. The SMILES string of the molecule is C=CC(=O)CCCCCOc1ccc(N=Nc2ccc(N=Nc3ccc(N=Nc4ccc(OCCCCOC(=O)C=C)cc4O)cc3)c(C)c2)cc1. The predicted molar refractivity (Wildman–Crippen MR) is 200 cm³/mol. The summed E-state index contributed by atoms with van der Waals surface area (Å²) in [4.78, 5) is 22.3. The van der Waals surface area contributed by atoms with E-state index in [-0.39, 0.29) is 11.5 Å². The topological polar surface area (TPSA) is 156 Å². The van der Waals surface area contributed by atoms with Crippen LogP contribution in [0.5, 0.6) is 17.2 Å². The van der Waals surface area contributed by atoms with Crippen LogP contribution in [0.3, 0.4) is 0 Å². The summed E-state index contributed by atoms with van der Waals surface area (Å²) in [7, 11) is 0. The van der Waals surface area contributed by atoms with Crippen molar-refractivity contribution in [3.8, 4) is 17.2 Å². The number of nitrogens with zero attached hydrogens (tertiary/aromatic N) is 6. The molecule has 4 aromatic carbocycles. The number of benzene rings is 4. The van der Waals surface area contributed by atoms with Gasteiger partial charge < -0.3 is 19.3 Å². The molecular weight excluding hydrogens is 660 g/mol. The Kier molecular flexibility index (Phi) is 15.6. The van der Waals surface area contributed by atoms with E-state index in [4.69, 9.17) is 14.2 Å². The summed E-state index contributed by atoms with van der Waals surface area (Å²) in [5.74, 6) is 0.826. The van der Waals surface area contributed by atoms with E-state index in [1.54, 1.807) is 36.4 Å². The fraction of sp³-hybridized carbons (Fsp3) is 0.250. The van der Waals surface area contributed by atoms with Crippen molar-refractivity contribution in [3.63, 3.8) is 0 Å². The van der Waals surface area contributed by atoms with Crippen molar-refractivity contribution in [3.05, 3.63) is 116 Å². The fourth-order valence-corrected chi connectivity index (χ4v) is 4.52. The number of hydrogen-bond donors (Lipinski definition) is 1. The second-order valence-electron chi connectivity index (χ2n) is 11.5. The minimum atomic E-state index is -0.447. The summed E-state index contributed by atoms with van der Waals surface area (Å²) in [6, 6.07) is 24.8.